The van der Waals surface area contributed by atoms with Crippen LogP contribution in [-0.2, 0) is 6.54 Å². The van der Waals surface area contributed by atoms with Gasteiger partial charge >= 0.3 is 5.69 Å². The van der Waals surface area contributed by atoms with Gasteiger partial charge in [-0.2, -0.15) is 25.3 Å². The highest BCUT2D eigenvalue weighted by molar-refractivity contribution is 7.84. The molecule has 0 unspecified atom stereocenters. The van der Waals surface area contributed by atoms with Gasteiger partial charge in [0.15, 0.2) is 0 Å². The molecule has 2 rings (SSSR count). The predicted octanol–water partition coefficient (Wildman–Crippen LogP) is 0.918. The zero-order valence-corrected chi connectivity index (χ0v) is 10.7. The zero-order valence-electron chi connectivity index (χ0n) is 8.96. The Balaban J connectivity index is 2.64. The molecule has 0 aliphatic heterocycles. The first-order valence-electron chi connectivity index (χ1n) is 5.14. The average molecular weight is 268 g/mol. The standard InChI is InChI=1S/C11H12N2O2S2/c14-10-8-3-1-2-4-9(8)12-11(15)13(10)5-7(17)6-16/h1-4,7,16-17H,5-6H2,(H,12,15)/t7-/m1/s1. The van der Waals surface area contributed by atoms with E-state index in [9.17, 15) is 9.59 Å². The van der Waals surface area contributed by atoms with Crippen LogP contribution in [0.25, 0.3) is 10.9 Å². The van der Waals surface area contributed by atoms with Gasteiger partial charge in [-0.3, -0.25) is 9.36 Å². The van der Waals surface area contributed by atoms with Crippen molar-refractivity contribution in [2.45, 2.75) is 11.8 Å². The number of fused-ring (bicyclic) bond motifs is 1. The number of thiol groups is 2. The summed E-state index contributed by atoms with van der Waals surface area (Å²) in [5, 5.41) is 0.380. The molecule has 1 aromatic carbocycles. The van der Waals surface area contributed by atoms with E-state index >= 15 is 0 Å². The van der Waals surface area contributed by atoms with Crippen LogP contribution in [0, 0.1) is 0 Å². The molecule has 2 aromatic rings. The van der Waals surface area contributed by atoms with Crippen molar-refractivity contribution in [1.82, 2.24) is 9.55 Å². The third-order valence-corrected chi connectivity index (χ3v) is 3.57. The number of nitrogens with zero attached hydrogens (tertiary/aromatic N) is 1. The quantitative estimate of drug-likeness (QED) is 0.725. The summed E-state index contributed by atoms with van der Waals surface area (Å²) >= 11 is 8.33. The fraction of sp³-hybridized carbons (Fsp3) is 0.273. The molecule has 0 aliphatic rings. The van der Waals surface area contributed by atoms with Crippen LogP contribution in [0.15, 0.2) is 33.9 Å². The molecule has 0 saturated carbocycles. The first-order valence-corrected chi connectivity index (χ1v) is 6.29. The molecule has 6 heteroatoms. The van der Waals surface area contributed by atoms with Crippen LogP contribution in [0.4, 0.5) is 0 Å². The van der Waals surface area contributed by atoms with Crippen molar-refractivity contribution < 1.29 is 0 Å². The Morgan fingerprint density at radius 2 is 2.00 bits per heavy atom. The van der Waals surface area contributed by atoms with E-state index in [1.165, 1.54) is 0 Å². The molecule has 90 valence electrons. The molecule has 0 radical (unpaired) electrons. The van der Waals surface area contributed by atoms with Gasteiger partial charge in [0.1, 0.15) is 0 Å². The molecule has 0 fully saturated rings. The second kappa shape index (κ2) is 5.01. The fourth-order valence-corrected chi connectivity index (χ4v) is 1.91. The minimum absolute atomic E-state index is 0.127. The number of rotatable bonds is 3. The minimum Gasteiger partial charge on any atom is -0.307 e. The van der Waals surface area contributed by atoms with Gasteiger partial charge in [-0.15, -0.1) is 0 Å². The van der Waals surface area contributed by atoms with Crippen molar-refractivity contribution in [3.63, 3.8) is 0 Å². The summed E-state index contributed by atoms with van der Waals surface area (Å²) in [6, 6.07) is 6.94. The van der Waals surface area contributed by atoms with Gasteiger partial charge in [0.05, 0.1) is 10.9 Å². The van der Waals surface area contributed by atoms with Gasteiger partial charge in [0.25, 0.3) is 5.56 Å². The largest absolute Gasteiger partial charge is 0.328 e. The molecular weight excluding hydrogens is 256 g/mol. The molecule has 1 N–H and O–H groups in total. The average Bonchev–Trinajstić information content (AvgIpc) is 2.34. The Morgan fingerprint density at radius 3 is 2.71 bits per heavy atom. The Kier molecular flexibility index (Phi) is 3.63. The number of H-pyrrole nitrogens is 1. The van der Waals surface area contributed by atoms with E-state index in [2.05, 4.69) is 30.2 Å². The molecule has 0 spiro atoms. The van der Waals surface area contributed by atoms with Crippen molar-refractivity contribution in [2.75, 3.05) is 5.75 Å². The molecular formula is C11H12N2O2S2. The normalized spacial score (nSPS) is 12.8. The van der Waals surface area contributed by atoms with Crippen molar-refractivity contribution in [3.05, 3.63) is 45.1 Å². The van der Waals surface area contributed by atoms with Crippen LogP contribution in [0.3, 0.4) is 0 Å². The van der Waals surface area contributed by atoms with E-state index in [0.717, 1.165) is 4.57 Å². The van der Waals surface area contributed by atoms with E-state index in [1.54, 1.807) is 24.3 Å². The number of para-hydroxylation sites is 1. The minimum atomic E-state index is -0.408. The maximum Gasteiger partial charge on any atom is 0.328 e. The highest BCUT2D eigenvalue weighted by atomic mass is 32.1. The van der Waals surface area contributed by atoms with Crippen molar-refractivity contribution >= 4 is 36.2 Å². The number of hydrogen-bond acceptors (Lipinski definition) is 4. The van der Waals surface area contributed by atoms with Gasteiger partial charge < -0.3 is 4.98 Å². The third-order valence-electron chi connectivity index (χ3n) is 2.49. The predicted molar refractivity (Wildman–Crippen MR) is 75.5 cm³/mol. The summed E-state index contributed by atoms with van der Waals surface area (Å²) in [7, 11) is 0. The number of nitrogens with one attached hydrogen (secondary N) is 1. The van der Waals surface area contributed by atoms with E-state index in [4.69, 9.17) is 0 Å². The highest BCUT2D eigenvalue weighted by Crippen LogP contribution is 2.04. The van der Waals surface area contributed by atoms with E-state index in [-0.39, 0.29) is 17.4 Å². The molecule has 1 aromatic heterocycles. The molecule has 17 heavy (non-hydrogen) atoms. The number of hydrogen-bond donors (Lipinski definition) is 3. The Morgan fingerprint density at radius 1 is 1.29 bits per heavy atom. The molecule has 0 bridgehead atoms. The van der Waals surface area contributed by atoms with Crippen LogP contribution in [0.1, 0.15) is 0 Å². The van der Waals surface area contributed by atoms with Gasteiger partial charge in [0.2, 0.25) is 0 Å². The SMILES string of the molecule is O=c1[nH]c2ccccc2c(=O)n1C[C@@H](S)CS. The molecule has 1 atom stereocenters. The Labute approximate surface area is 108 Å². The van der Waals surface area contributed by atoms with E-state index in [0.29, 0.717) is 16.7 Å². The highest BCUT2D eigenvalue weighted by Gasteiger charge is 2.09. The summed E-state index contributed by atoms with van der Waals surface area (Å²) in [5.74, 6) is 0.502. The van der Waals surface area contributed by atoms with E-state index in [1.807, 2.05) is 0 Å². The first-order chi connectivity index (χ1) is 8.13. The fourth-order valence-electron chi connectivity index (χ4n) is 1.63. The van der Waals surface area contributed by atoms with Crippen molar-refractivity contribution in [1.29, 1.82) is 0 Å². The van der Waals surface area contributed by atoms with Crippen LogP contribution in [0.2, 0.25) is 0 Å². The third kappa shape index (κ3) is 2.42. The van der Waals surface area contributed by atoms with Crippen LogP contribution in [-0.4, -0.2) is 20.6 Å². The molecule has 0 amide bonds. The first kappa shape index (κ1) is 12.3. The summed E-state index contributed by atoms with van der Waals surface area (Å²) in [5.41, 5.74) is -0.139. The van der Waals surface area contributed by atoms with E-state index < -0.39 is 5.69 Å². The molecule has 0 aliphatic carbocycles. The van der Waals surface area contributed by atoms with Gasteiger partial charge in [-0.1, -0.05) is 12.1 Å². The summed E-state index contributed by atoms with van der Waals surface area (Å²) in [4.78, 5) is 26.5. The summed E-state index contributed by atoms with van der Waals surface area (Å²) in [6.45, 7) is 0.256. The monoisotopic (exact) mass is 268 g/mol. The lowest BCUT2D eigenvalue weighted by molar-refractivity contribution is 0.639. The second-order valence-corrected chi connectivity index (χ2v) is 4.82. The maximum absolute atomic E-state index is 12.1. The van der Waals surface area contributed by atoms with Gasteiger partial charge in [-0.25, -0.2) is 4.79 Å². The number of aromatic amines is 1. The lowest BCUT2D eigenvalue weighted by atomic mass is 10.2. The van der Waals surface area contributed by atoms with Crippen molar-refractivity contribution in [2.24, 2.45) is 0 Å². The van der Waals surface area contributed by atoms with Gasteiger partial charge in [-0.05, 0) is 12.1 Å². The van der Waals surface area contributed by atoms with Gasteiger partial charge in [0, 0.05) is 17.5 Å². The summed E-state index contributed by atoms with van der Waals surface area (Å²) < 4.78 is 1.16. The number of aromatic nitrogens is 2. The number of benzene rings is 1. The summed E-state index contributed by atoms with van der Waals surface area (Å²) in [6.07, 6.45) is 0. The topological polar surface area (TPSA) is 54.9 Å². The molecule has 1 heterocycles. The Hall–Kier alpha value is -1.14. The van der Waals surface area contributed by atoms with Crippen LogP contribution in [0.5, 0.6) is 0 Å². The molecule has 4 nitrogen and oxygen atoms in total. The lowest BCUT2D eigenvalue weighted by Gasteiger charge is -2.09. The molecule has 0 saturated heterocycles. The maximum atomic E-state index is 12.1. The van der Waals surface area contributed by atoms with Crippen LogP contribution < -0.4 is 11.2 Å². The van der Waals surface area contributed by atoms with Crippen molar-refractivity contribution in [3.8, 4) is 0 Å². The zero-order chi connectivity index (χ0) is 12.4. The second-order valence-electron chi connectivity index (χ2n) is 3.73. The van der Waals surface area contributed by atoms with Crippen LogP contribution >= 0.6 is 25.3 Å². The smallest absolute Gasteiger partial charge is 0.307 e. The Bertz CT molecular complexity index is 648. The lowest BCUT2D eigenvalue weighted by Crippen LogP contribution is -2.37.